The highest BCUT2D eigenvalue weighted by atomic mass is 35.5. The predicted molar refractivity (Wildman–Crippen MR) is 133 cm³/mol. The van der Waals surface area contributed by atoms with Gasteiger partial charge in [0.2, 0.25) is 0 Å². The number of hydrogen-bond acceptors (Lipinski definition) is 3. The first kappa shape index (κ1) is 24.4. The third-order valence-electron chi connectivity index (χ3n) is 4.97. The molecule has 0 aliphatic heterocycles. The number of halogens is 2. The summed E-state index contributed by atoms with van der Waals surface area (Å²) in [6.07, 6.45) is 3.09. The number of hydrogen-bond donors (Lipinski definition) is 1. The van der Waals surface area contributed by atoms with Gasteiger partial charge >= 0.3 is 0 Å². The monoisotopic (exact) mass is 478 g/mol. The topological polar surface area (TPSA) is 62.1 Å². The highest BCUT2D eigenvalue weighted by Gasteiger charge is 2.13. The highest BCUT2D eigenvalue weighted by molar-refractivity contribution is 6.37. The van der Waals surface area contributed by atoms with Crippen LogP contribution in [0.25, 0.3) is 6.08 Å². The van der Waals surface area contributed by atoms with Crippen molar-refractivity contribution in [3.63, 3.8) is 0 Å². The summed E-state index contributed by atoms with van der Waals surface area (Å²) in [5.41, 5.74) is 3.89. The number of nitrogens with zero attached hydrogens (tertiary/aromatic N) is 1. The third-order valence-corrected chi connectivity index (χ3v) is 5.53. The van der Waals surface area contributed by atoms with E-state index in [2.05, 4.69) is 5.32 Å². The molecule has 4 nitrogen and oxygen atoms in total. The second-order valence-corrected chi connectivity index (χ2v) is 8.42. The van der Waals surface area contributed by atoms with Crippen molar-refractivity contribution in [2.75, 3.05) is 6.54 Å². The van der Waals surface area contributed by atoms with Crippen LogP contribution < -0.4 is 10.1 Å². The number of benzene rings is 3. The third kappa shape index (κ3) is 7.39. The van der Waals surface area contributed by atoms with Gasteiger partial charge in [-0.3, -0.25) is 4.79 Å². The number of carbonyl (C=O) groups excluding carboxylic acids is 1. The fourth-order valence-electron chi connectivity index (χ4n) is 3.19. The van der Waals surface area contributed by atoms with E-state index in [1.807, 2.05) is 67.6 Å². The van der Waals surface area contributed by atoms with Crippen molar-refractivity contribution in [3.8, 4) is 11.8 Å². The fourth-order valence-corrected chi connectivity index (χ4v) is 3.80. The lowest BCUT2D eigenvalue weighted by Crippen LogP contribution is -2.25. The van der Waals surface area contributed by atoms with Crippen molar-refractivity contribution in [1.29, 1.82) is 5.26 Å². The Kier molecular flexibility index (Phi) is 8.95. The molecule has 3 aromatic carbocycles. The van der Waals surface area contributed by atoms with E-state index >= 15 is 0 Å². The average Bonchev–Trinajstić information content (AvgIpc) is 2.81. The highest BCUT2D eigenvalue weighted by Crippen LogP contribution is 2.35. The Balaban J connectivity index is 1.60. The minimum Gasteiger partial charge on any atom is -0.486 e. The Morgan fingerprint density at radius 2 is 1.70 bits per heavy atom. The van der Waals surface area contributed by atoms with Crippen LogP contribution in [0.1, 0.15) is 28.7 Å². The molecule has 1 amide bonds. The van der Waals surface area contributed by atoms with Gasteiger partial charge in [0.1, 0.15) is 18.2 Å². The van der Waals surface area contributed by atoms with Gasteiger partial charge in [-0.1, -0.05) is 83.4 Å². The van der Waals surface area contributed by atoms with Gasteiger partial charge in [-0.25, -0.2) is 0 Å². The van der Waals surface area contributed by atoms with Gasteiger partial charge in [-0.15, -0.1) is 0 Å². The van der Waals surface area contributed by atoms with Gasteiger partial charge in [0.15, 0.2) is 5.75 Å². The number of aryl methyl sites for hydroxylation is 2. The van der Waals surface area contributed by atoms with Crippen molar-refractivity contribution >= 4 is 35.2 Å². The van der Waals surface area contributed by atoms with E-state index in [0.29, 0.717) is 34.5 Å². The number of nitriles is 1. The first-order valence-corrected chi connectivity index (χ1v) is 11.3. The Hall–Kier alpha value is -3.26. The molecule has 0 spiro atoms. The van der Waals surface area contributed by atoms with Gasteiger partial charge in [0.05, 0.1) is 10.0 Å². The number of rotatable bonds is 9. The summed E-state index contributed by atoms with van der Waals surface area (Å²) in [5, 5.41) is 12.8. The van der Waals surface area contributed by atoms with Crippen LogP contribution in [-0.2, 0) is 17.8 Å². The molecule has 0 unspecified atom stereocenters. The molecule has 33 heavy (non-hydrogen) atoms. The maximum Gasteiger partial charge on any atom is 0.261 e. The normalized spacial score (nSPS) is 11.0. The molecule has 0 atom stereocenters. The maximum atomic E-state index is 12.4. The van der Waals surface area contributed by atoms with Crippen LogP contribution in [0.3, 0.4) is 0 Å². The Labute approximate surface area is 204 Å². The summed E-state index contributed by atoms with van der Waals surface area (Å²) in [6, 6.07) is 23.2. The first-order valence-electron chi connectivity index (χ1n) is 10.6. The Morgan fingerprint density at radius 3 is 2.33 bits per heavy atom. The molecule has 0 fully saturated rings. The summed E-state index contributed by atoms with van der Waals surface area (Å²) in [7, 11) is 0. The van der Waals surface area contributed by atoms with Crippen LogP contribution in [0.2, 0.25) is 10.0 Å². The second-order valence-electron chi connectivity index (χ2n) is 7.60. The zero-order valence-corrected chi connectivity index (χ0v) is 19.8. The average molecular weight is 479 g/mol. The molecule has 3 aromatic rings. The number of amides is 1. The van der Waals surface area contributed by atoms with E-state index in [1.54, 1.807) is 12.1 Å². The van der Waals surface area contributed by atoms with Crippen LogP contribution in [0, 0.1) is 18.3 Å². The minimum absolute atomic E-state index is 0.0184. The van der Waals surface area contributed by atoms with E-state index in [1.165, 1.54) is 17.2 Å². The van der Waals surface area contributed by atoms with E-state index in [-0.39, 0.29) is 5.57 Å². The van der Waals surface area contributed by atoms with E-state index < -0.39 is 5.91 Å². The summed E-state index contributed by atoms with van der Waals surface area (Å²) in [4.78, 5) is 12.4. The van der Waals surface area contributed by atoms with Crippen molar-refractivity contribution in [2.45, 2.75) is 26.4 Å². The summed E-state index contributed by atoms with van der Waals surface area (Å²) < 4.78 is 5.80. The predicted octanol–water partition coefficient (Wildman–Crippen LogP) is 6.54. The molecule has 168 valence electrons. The first-order chi connectivity index (χ1) is 16.0. The molecule has 0 radical (unpaired) electrons. The Bertz CT molecular complexity index is 1140. The zero-order chi connectivity index (χ0) is 23.6. The molecule has 0 aliphatic rings. The summed E-state index contributed by atoms with van der Waals surface area (Å²) >= 11 is 12.7. The molecule has 0 bridgehead atoms. The van der Waals surface area contributed by atoms with Crippen LogP contribution in [-0.4, -0.2) is 12.5 Å². The molecule has 3 rings (SSSR count). The van der Waals surface area contributed by atoms with E-state index in [0.717, 1.165) is 18.4 Å². The molecule has 0 saturated heterocycles. The number of nitrogens with one attached hydrogen (secondary N) is 1. The van der Waals surface area contributed by atoms with Gasteiger partial charge in [-0.05, 0) is 54.7 Å². The van der Waals surface area contributed by atoms with E-state index in [4.69, 9.17) is 27.9 Å². The summed E-state index contributed by atoms with van der Waals surface area (Å²) in [5.74, 6) is -0.0718. The molecule has 1 N–H and O–H groups in total. The van der Waals surface area contributed by atoms with Crippen LogP contribution in [0.4, 0.5) is 0 Å². The molecule has 6 heteroatoms. The molecular weight excluding hydrogens is 455 g/mol. The lowest BCUT2D eigenvalue weighted by Gasteiger charge is -2.11. The lowest BCUT2D eigenvalue weighted by atomic mass is 10.1. The second kappa shape index (κ2) is 12.1. The van der Waals surface area contributed by atoms with Crippen molar-refractivity contribution < 1.29 is 9.53 Å². The molecule has 0 saturated carbocycles. The fraction of sp³-hybridized carbons (Fsp3) is 0.185. The zero-order valence-electron chi connectivity index (χ0n) is 18.3. The van der Waals surface area contributed by atoms with Gasteiger partial charge in [0, 0.05) is 6.54 Å². The van der Waals surface area contributed by atoms with Gasteiger partial charge < -0.3 is 10.1 Å². The molecule has 0 aromatic heterocycles. The number of ether oxygens (including phenoxy) is 1. The van der Waals surface area contributed by atoms with Crippen molar-refractivity contribution in [2.24, 2.45) is 0 Å². The van der Waals surface area contributed by atoms with Crippen LogP contribution in [0.5, 0.6) is 5.75 Å². The Morgan fingerprint density at radius 1 is 1.03 bits per heavy atom. The maximum absolute atomic E-state index is 12.4. The molecular formula is C27H24Cl2N2O2. The van der Waals surface area contributed by atoms with E-state index in [9.17, 15) is 10.1 Å². The van der Waals surface area contributed by atoms with Gasteiger partial charge in [-0.2, -0.15) is 5.26 Å². The van der Waals surface area contributed by atoms with Gasteiger partial charge in [0.25, 0.3) is 5.91 Å². The van der Waals surface area contributed by atoms with Crippen molar-refractivity contribution in [1.82, 2.24) is 5.32 Å². The lowest BCUT2D eigenvalue weighted by molar-refractivity contribution is -0.117. The molecule has 0 aliphatic carbocycles. The SMILES string of the molecule is Cc1ccc(COc2c(Cl)cc(/C=C(/C#N)C(=O)NCCCc3ccccc3)cc2Cl)cc1. The summed E-state index contributed by atoms with van der Waals surface area (Å²) in [6.45, 7) is 2.81. The molecule has 0 heterocycles. The van der Waals surface area contributed by atoms with Crippen molar-refractivity contribution in [3.05, 3.63) is 105 Å². The smallest absolute Gasteiger partial charge is 0.261 e. The largest absolute Gasteiger partial charge is 0.486 e. The van der Waals surface area contributed by atoms with Crippen LogP contribution in [0.15, 0.2) is 72.3 Å². The quantitative estimate of drug-likeness (QED) is 0.215. The standard InChI is InChI=1S/C27H24Cl2N2O2/c1-19-9-11-21(12-10-19)18-33-26-24(28)15-22(16-25(26)29)14-23(17-30)27(32)31-13-5-8-20-6-3-2-4-7-20/h2-4,6-7,9-12,14-16H,5,8,13,18H2,1H3,(H,31,32)/b23-14-. The minimum atomic E-state index is -0.433. The van der Waals surface area contributed by atoms with Crippen LogP contribution >= 0.6 is 23.2 Å². The number of carbonyl (C=O) groups is 1.